The molecule has 1 aliphatic rings. The second kappa shape index (κ2) is 3.67. The van der Waals surface area contributed by atoms with Gasteiger partial charge in [0.15, 0.2) is 0 Å². The highest BCUT2D eigenvalue weighted by Crippen LogP contribution is 2.55. The normalized spacial score (nSPS) is 25.1. The molecule has 0 saturated heterocycles. The van der Waals surface area contributed by atoms with Crippen molar-refractivity contribution in [3.8, 4) is 0 Å². The number of aliphatic hydroxyl groups is 1. The lowest BCUT2D eigenvalue weighted by atomic mass is 10.1. The molecule has 2 rings (SSSR count). The Bertz CT molecular complexity index is 467. The number of hydrogen-bond donors (Lipinski definition) is 2. The smallest absolute Gasteiger partial charge is 0.259 e. The molecular formula is C13H15NO3. The summed E-state index contributed by atoms with van der Waals surface area (Å²) >= 11 is 0. The van der Waals surface area contributed by atoms with Crippen LogP contribution in [0, 0.1) is 5.41 Å². The highest BCUT2D eigenvalue weighted by molar-refractivity contribution is 6.08. The quantitative estimate of drug-likeness (QED) is 0.752. The van der Waals surface area contributed by atoms with Crippen LogP contribution in [0.4, 0.5) is 0 Å². The first-order valence-electron chi connectivity index (χ1n) is 5.50. The molecule has 0 aromatic heterocycles. The zero-order valence-electron chi connectivity index (χ0n) is 9.86. The summed E-state index contributed by atoms with van der Waals surface area (Å²) in [6, 6.07) is 8.45. The summed E-state index contributed by atoms with van der Waals surface area (Å²) in [6.07, 6.45) is 0.383. The number of carbonyl (C=O) groups excluding carboxylic acids is 2. The van der Waals surface area contributed by atoms with Gasteiger partial charge in [0.1, 0.15) is 5.60 Å². The van der Waals surface area contributed by atoms with Gasteiger partial charge in [0.25, 0.3) is 11.8 Å². The van der Waals surface area contributed by atoms with Crippen LogP contribution in [0.25, 0.3) is 0 Å². The fraction of sp³-hybridized carbons (Fsp3) is 0.385. The lowest BCUT2D eigenvalue weighted by Gasteiger charge is -2.12. The van der Waals surface area contributed by atoms with Gasteiger partial charge < -0.3 is 5.11 Å². The highest BCUT2D eigenvalue weighted by atomic mass is 16.3. The van der Waals surface area contributed by atoms with Crippen LogP contribution in [0.15, 0.2) is 30.3 Å². The molecule has 1 atom stereocenters. The maximum atomic E-state index is 11.7. The SMILES string of the molecule is CC1(C)CC1(O)C(=O)NC(=O)c1ccccc1. The van der Waals surface area contributed by atoms with Gasteiger partial charge in [0, 0.05) is 11.0 Å². The molecule has 0 aliphatic heterocycles. The predicted octanol–water partition coefficient (Wildman–Crippen LogP) is 1.10. The van der Waals surface area contributed by atoms with E-state index in [1.165, 1.54) is 0 Å². The van der Waals surface area contributed by atoms with E-state index in [1.54, 1.807) is 44.2 Å². The number of benzene rings is 1. The Kier molecular flexibility index (Phi) is 2.54. The van der Waals surface area contributed by atoms with Gasteiger partial charge in [-0.2, -0.15) is 0 Å². The molecule has 1 aliphatic carbocycles. The Balaban J connectivity index is 2.04. The monoisotopic (exact) mass is 233 g/mol. The van der Waals surface area contributed by atoms with Gasteiger partial charge in [0.05, 0.1) is 0 Å². The highest BCUT2D eigenvalue weighted by Gasteiger charge is 2.65. The van der Waals surface area contributed by atoms with Crippen LogP contribution < -0.4 is 5.32 Å². The Hall–Kier alpha value is -1.68. The first kappa shape index (κ1) is 11.8. The van der Waals surface area contributed by atoms with E-state index in [4.69, 9.17) is 0 Å². The average molecular weight is 233 g/mol. The topological polar surface area (TPSA) is 66.4 Å². The van der Waals surface area contributed by atoms with Crippen molar-refractivity contribution in [1.29, 1.82) is 0 Å². The molecule has 1 fully saturated rings. The third kappa shape index (κ3) is 1.96. The number of nitrogens with one attached hydrogen (secondary N) is 1. The minimum atomic E-state index is -1.41. The molecule has 0 spiro atoms. The van der Waals surface area contributed by atoms with Crippen molar-refractivity contribution >= 4 is 11.8 Å². The molecule has 1 aromatic rings. The Labute approximate surface area is 99.6 Å². The minimum Gasteiger partial charge on any atom is -0.379 e. The molecule has 4 heteroatoms. The van der Waals surface area contributed by atoms with Gasteiger partial charge in [-0.05, 0) is 18.6 Å². The number of amides is 2. The molecule has 2 amide bonds. The van der Waals surface area contributed by atoms with E-state index in [2.05, 4.69) is 5.32 Å². The molecular weight excluding hydrogens is 218 g/mol. The number of carbonyl (C=O) groups is 2. The van der Waals surface area contributed by atoms with Gasteiger partial charge in [-0.25, -0.2) is 0 Å². The van der Waals surface area contributed by atoms with Crippen molar-refractivity contribution in [1.82, 2.24) is 5.32 Å². The molecule has 0 heterocycles. The molecule has 1 saturated carbocycles. The summed E-state index contributed by atoms with van der Waals surface area (Å²) in [5.74, 6) is -1.09. The Morgan fingerprint density at radius 3 is 2.24 bits per heavy atom. The first-order chi connectivity index (χ1) is 7.87. The number of imide groups is 1. The molecule has 0 radical (unpaired) electrons. The summed E-state index contributed by atoms with van der Waals surface area (Å²) in [7, 11) is 0. The third-order valence-electron chi connectivity index (χ3n) is 3.33. The largest absolute Gasteiger partial charge is 0.379 e. The van der Waals surface area contributed by atoms with E-state index in [9.17, 15) is 14.7 Å². The molecule has 90 valence electrons. The minimum absolute atomic E-state index is 0.383. The lowest BCUT2D eigenvalue weighted by Crippen LogP contribution is -2.42. The summed E-state index contributed by atoms with van der Waals surface area (Å²) in [6.45, 7) is 3.58. The Morgan fingerprint density at radius 1 is 1.24 bits per heavy atom. The third-order valence-corrected chi connectivity index (χ3v) is 3.33. The van der Waals surface area contributed by atoms with Crippen molar-refractivity contribution in [3.05, 3.63) is 35.9 Å². The average Bonchev–Trinajstić information content (AvgIpc) is 2.81. The van der Waals surface area contributed by atoms with Gasteiger partial charge in [-0.1, -0.05) is 32.0 Å². The van der Waals surface area contributed by atoms with E-state index < -0.39 is 22.8 Å². The van der Waals surface area contributed by atoms with Crippen LogP contribution in [0.3, 0.4) is 0 Å². The fourth-order valence-electron chi connectivity index (χ4n) is 1.85. The van der Waals surface area contributed by atoms with Crippen LogP contribution in [0.5, 0.6) is 0 Å². The summed E-state index contributed by atoms with van der Waals surface area (Å²) in [4.78, 5) is 23.4. The van der Waals surface area contributed by atoms with Crippen molar-refractivity contribution in [3.63, 3.8) is 0 Å². The number of hydrogen-bond acceptors (Lipinski definition) is 3. The fourth-order valence-corrected chi connectivity index (χ4v) is 1.85. The van der Waals surface area contributed by atoms with Gasteiger partial charge >= 0.3 is 0 Å². The maximum Gasteiger partial charge on any atom is 0.259 e. The zero-order chi connectivity index (χ0) is 12.7. The molecule has 1 aromatic carbocycles. The van der Waals surface area contributed by atoms with Gasteiger partial charge in [-0.15, -0.1) is 0 Å². The van der Waals surface area contributed by atoms with Crippen molar-refractivity contribution in [2.75, 3.05) is 0 Å². The molecule has 0 bridgehead atoms. The Morgan fingerprint density at radius 2 is 1.76 bits per heavy atom. The summed E-state index contributed by atoms with van der Waals surface area (Å²) in [5.41, 5.74) is -1.45. The van der Waals surface area contributed by atoms with Gasteiger partial charge in [-0.3, -0.25) is 14.9 Å². The van der Waals surface area contributed by atoms with E-state index in [1.807, 2.05) is 0 Å². The van der Waals surface area contributed by atoms with Crippen LogP contribution in [0.2, 0.25) is 0 Å². The van der Waals surface area contributed by atoms with Crippen molar-refractivity contribution in [2.24, 2.45) is 5.41 Å². The van der Waals surface area contributed by atoms with Crippen molar-refractivity contribution < 1.29 is 14.7 Å². The van der Waals surface area contributed by atoms with Crippen LogP contribution in [0.1, 0.15) is 30.6 Å². The molecule has 2 N–H and O–H groups in total. The van der Waals surface area contributed by atoms with Crippen LogP contribution in [-0.4, -0.2) is 22.5 Å². The van der Waals surface area contributed by atoms with Crippen LogP contribution >= 0.6 is 0 Å². The van der Waals surface area contributed by atoms with Crippen LogP contribution in [-0.2, 0) is 4.79 Å². The van der Waals surface area contributed by atoms with E-state index in [-0.39, 0.29) is 0 Å². The molecule has 4 nitrogen and oxygen atoms in total. The van der Waals surface area contributed by atoms with E-state index >= 15 is 0 Å². The van der Waals surface area contributed by atoms with E-state index in [0.717, 1.165) is 0 Å². The number of rotatable bonds is 2. The molecule has 1 unspecified atom stereocenters. The second-order valence-electron chi connectivity index (χ2n) is 5.07. The second-order valence-corrected chi connectivity index (χ2v) is 5.07. The zero-order valence-corrected chi connectivity index (χ0v) is 9.86. The molecule has 17 heavy (non-hydrogen) atoms. The lowest BCUT2D eigenvalue weighted by molar-refractivity contribution is -0.132. The standard InChI is InChI=1S/C13H15NO3/c1-12(2)8-13(12,17)11(16)14-10(15)9-6-4-3-5-7-9/h3-7,17H,8H2,1-2H3,(H,14,15,16). The maximum absolute atomic E-state index is 11.7. The summed E-state index contributed by atoms with van der Waals surface area (Å²) < 4.78 is 0. The predicted molar refractivity (Wildman–Crippen MR) is 62.3 cm³/mol. The first-order valence-corrected chi connectivity index (χ1v) is 5.50. The van der Waals surface area contributed by atoms with Crippen molar-refractivity contribution in [2.45, 2.75) is 25.9 Å². The van der Waals surface area contributed by atoms with E-state index in [0.29, 0.717) is 12.0 Å². The van der Waals surface area contributed by atoms with Gasteiger partial charge in [0.2, 0.25) is 0 Å². The summed E-state index contributed by atoms with van der Waals surface area (Å²) in [5, 5.41) is 12.2.